The quantitative estimate of drug-likeness (QED) is 0.894. The third-order valence-electron chi connectivity index (χ3n) is 1.97. The van der Waals surface area contributed by atoms with E-state index >= 15 is 0 Å². The first-order valence-electron chi connectivity index (χ1n) is 4.55. The predicted octanol–water partition coefficient (Wildman–Crippen LogP) is 3.23. The average Bonchev–Trinajstić information content (AvgIpc) is 2.20. The summed E-state index contributed by atoms with van der Waals surface area (Å²) in [6, 6.07) is 7.77. The summed E-state index contributed by atoms with van der Waals surface area (Å²) < 4.78 is 0. The number of aromatic nitrogens is 3. The van der Waals surface area contributed by atoms with Crippen LogP contribution in [0.25, 0.3) is 0 Å². The Bertz CT molecular complexity index is 496. The Kier molecular flexibility index (Phi) is 3.22. The average molecular weight is 255 g/mol. The van der Waals surface area contributed by atoms with Gasteiger partial charge >= 0.3 is 0 Å². The number of anilines is 2. The molecule has 0 amide bonds. The molecule has 0 saturated heterocycles. The van der Waals surface area contributed by atoms with E-state index in [9.17, 15) is 0 Å². The number of halogens is 2. The molecule has 0 unspecified atom stereocenters. The van der Waals surface area contributed by atoms with Crippen molar-refractivity contribution in [2.24, 2.45) is 0 Å². The predicted molar refractivity (Wildman–Crippen MR) is 64.3 cm³/mol. The van der Waals surface area contributed by atoms with Gasteiger partial charge in [-0.1, -0.05) is 18.2 Å². The first-order valence-corrected chi connectivity index (χ1v) is 5.30. The summed E-state index contributed by atoms with van der Waals surface area (Å²) in [7, 11) is 0. The molecule has 1 N–H and O–H groups in total. The van der Waals surface area contributed by atoms with Gasteiger partial charge in [-0.2, -0.15) is 15.0 Å². The standard InChI is InChI=1S/C10H8Cl2N4/c1-6-4-2-3-5-7(6)13-10-15-8(11)14-9(12)16-10/h2-5H,1H3,(H,13,14,15,16). The zero-order chi connectivity index (χ0) is 11.5. The van der Waals surface area contributed by atoms with Crippen LogP contribution in [-0.2, 0) is 0 Å². The molecule has 2 aromatic rings. The van der Waals surface area contributed by atoms with Gasteiger partial charge in [-0.25, -0.2) is 0 Å². The van der Waals surface area contributed by atoms with E-state index in [4.69, 9.17) is 23.2 Å². The van der Waals surface area contributed by atoms with Gasteiger partial charge in [-0.05, 0) is 41.8 Å². The van der Waals surface area contributed by atoms with Crippen LogP contribution in [0.2, 0.25) is 10.6 Å². The van der Waals surface area contributed by atoms with Crippen LogP contribution >= 0.6 is 23.2 Å². The Morgan fingerprint density at radius 2 is 1.62 bits per heavy atom. The summed E-state index contributed by atoms with van der Waals surface area (Å²) in [6.45, 7) is 1.98. The van der Waals surface area contributed by atoms with E-state index in [1.807, 2.05) is 31.2 Å². The second-order valence-electron chi connectivity index (χ2n) is 3.14. The lowest BCUT2D eigenvalue weighted by Crippen LogP contribution is -2.00. The van der Waals surface area contributed by atoms with E-state index in [2.05, 4.69) is 20.3 Å². The summed E-state index contributed by atoms with van der Waals surface area (Å²) in [5, 5.41) is 3.15. The Balaban J connectivity index is 2.30. The zero-order valence-corrected chi connectivity index (χ0v) is 9.92. The number of nitrogens with zero attached hydrogens (tertiary/aromatic N) is 3. The van der Waals surface area contributed by atoms with Gasteiger partial charge in [0.1, 0.15) is 0 Å². The van der Waals surface area contributed by atoms with Crippen LogP contribution < -0.4 is 5.32 Å². The number of hydrogen-bond donors (Lipinski definition) is 1. The van der Waals surface area contributed by atoms with Gasteiger partial charge in [0.2, 0.25) is 16.5 Å². The van der Waals surface area contributed by atoms with E-state index in [1.54, 1.807) is 0 Å². The molecule has 4 nitrogen and oxygen atoms in total. The van der Waals surface area contributed by atoms with Gasteiger partial charge < -0.3 is 5.32 Å². The highest BCUT2D eigenvalue weighted by molar-refractivity contribution is 6.31. The van der Waals surface area contributed by atoms with Crippen LogP contribution in [0.15, 0.2) is 24.3 Å². The molecule has 2 rings (SSSR count). The van der Waals surface area contributed by atoms with Crippen molar-refractivity contribution in [2.75, 3.05) is 5.32 Å². The van der Waals surface area contributed by atoms with E-state index in [0.29, 0.717) is 5.95 Å². The first-order chi connectivity index (χ1) is 7.65. The van der Waals surface area contributed by atoms with Crippen molar-refractivity contribution in [2.45, 2.75) is 6.92 Å². The SMILES string of the molecule is Cc1ccccc1Nc1nc(Cl)nc(Cl)n1. The smallest absolute Gasteiger partial charge is 0.232 e. The summed E-state index contributed by atoms with van der Waals surface area (Å²) in [6.07, 6.45) is 0. The Morgan fingerprint density at radius 3 is 2.25 bits per heavy atom. The van der Waals surface area contributed by atoms with Crippen LogP contribution in [0.1, 0.15) is 5.56 Å². The molecule has 0 spiro atoms. The molecule has 1 aromatic heterocycles. The van der Waals surface area contributed by atoms with Gasteiger partial charge in [-0.3, -0.25) is 0 Å². The van der Waals surface area contributed by atoms with Crippen molar-refractivity contribution in [3.63, 3.8) is 0 Å². The lowest BCUT2D eigenvalue weighted by molar-refractivity contribution is 1.05. The molecule has 0 aliphatic rings. The van der Waals surface area contributed by atoms with E-state index in [-0.39, 0.29) is 10.6 Å². The highest BCUT2D eigenvalue weighted by Crippen LogP contribution is 2.18. The fraction of sp³-hybridized carbons (Fsp3) is 0.100. The highest BCUT2D eigenvalue weighted by Gasteiger charge is 2.04. The molecule has 82 valence electrons. The summed E-state index contributed by atoms with van der Waals surface area (Å²) in [5.74, 6) is 0.333. The van der Waals surface area contributed by atoms with Gasteiger partial charge in [0, 0.05) is 5.69 Å². The topological polar surface area (TPSA) is 50.7 Å². The number of benzene rings is 1. The first kappa shape index (κ1) is 11.1. The molecule has 0 atom stereocenters. The van der Waals surface area contributed by atoms with Gasteiger partial charge in [-0.15, -0.1) is 0 Å². The fourth-order valence-corrected chi connectivity index (χ4v) is 1.58. The maximum atomic E-state index is 5.67. The molecule has 0 aliphatic carbocycles. The Morgan fingerprint density at radius 1 is 1.00 bits per heavy atom. The highest BCUT2D eigenvalue weighted by atomic mass is 35.5. The molecular formula is C10H8Cl2N4. The van der Waals surface area contributed by atoms with Gasteiger partial charge in [0.15, 0.2) is 0 Å². The van der Waals surface area contributed by atoms with Crippen LogP contribution in [0.3, 0.4) is 0 Å². The number of nitrogens with one attached hydrogen (secondary N) is 1. The second kappa shape index (κ2) is 4.63. The number of para-hydroxylation sites is 1. The van der Waals surface area contributed by atoms with E-state index in [1.165, 1.54) is 0 Å². The fourth-order valence-electron chi connectivity index (χ4n) is 1.22. The van der Waals surface area contributed by atoms with Crippen LogP contribution in [0, 0.1) is 6.92 Å². The molecule has 1 heterocycles. The summed E-state index contributed by atoms with van der Waals surface area (Å²) >= 11 is 11.3. The molecule has 0 radical (unpaired) electrons. The monoisotopic (exact) mass is 254 g/mol. The minimum Gasteiger partial charge on any atom is -0.324 e. The third-order valence-corrected chi connectivity index (χ3v) is 2.31. The van der Waals surface area contributed by atoms with Crippen molar-refractivity contribution in [1.29, 1.82) is 0 Å². The largest absolute Gasteiger partial charge is 0.324 e. The molecule has 0 saturated carbocycles. The van der Waals surface area contributed by atoms with E-state index < -0.39 is 0 Å². The minimum absolute atomic E-state index is 0.0658. The second-order valence-corrected chi connectivity index (χ2v) is 3.81. The lowest BCUT2D eigenvalue weighted by Gasteiger charge is -2.07. The van der Waals surface area contributed by atoms with Crippen LogP contribution in [0.4, 0.5) is 11.6 Å². The zero-order valence-electron chi connectivity index (χ0n) is 8.41. The third kappa shape index (κ3) is 2.59. The summed E-state index contributed by atoms with van der Waals surface area (Å²) in [5.41, 5.74) is 1.98. The number of rotatable bonds is 2. The Hall–Kier alpha value is -1.39. The molecule has 0 bridgehead atoms. The minimum atomic E-state index is 0.0658. The van der Waals surface area contributed by atoms with Crippen LogP contribution in [0.5, 0.6) is 0 Å². The summed E-state index contributed by atoms with van der Waals surface area (Å²) in [4.78, 5) is 11.5. The van der Waals surface area contributed by atoms with Crippen molar-refractivity contribution >= 4 is 34.8 Å². The number of aryl methyl sites for hydroxylation is 1. The number of hydrogen-bond acceptors (Lipinski definition) is 4. The molecular weight excluding hydrogens is 247 g/mol. The van der Waals surface area contributed by atoms with Crippen molar-refractivity contribution in [3.05, 3.63) is 40.4 Å². The van der Waals surface area contributed by atoms with Gasteiger partial charge in [0.25, 0.3) is 0 Å². The normalized spacial score (nSPS) is 10.2. The van der Waals surface area contributed by atoms with Crippen molar-refractivity contribution in [1.82, 2.24) is 15.0 Å². The van der Waals surface area contributed by atoms with Crippen LogP contribution in [-0.4, -0.2) is 15.0 Å². The lowest BCUT2D eigenvalue weighted by atomic mass is 10.2. The molecule has 1 aromatic carbocycles. The van der Waals surface area contributed by atoms with E-state index in [0.717, 1.165) is 11.3 Å². The van der Waals surface area contributed by atoms with Gasteiger partial charge in [0.05, 0.1) is 0 Å². The molecule has 16 heavy (non-hydrogen) atoms. The molecule has 0 fully saturated rings. The maximum Gasteiger partial charge on any atom is 0.232 e. The van der Waals surface area contributed by atoms with Crippen molar-refractivity contribution in [3.8, 4) is 0 Å². The molecule has 6 heteroatoms. The van der Waals surface area contributed by atoms with Crippen molar-refractivity contribution < 1.29 is 0 Å². The maximum absolute atomic E-state index is 5.67. The molecule has 0 aliphatic heterocycles. The Labute approximate surface area is 103 Å².